The molecule has 1 amide bonds. The summed E-state index contributed by atoms with van der Waals surface area (Å²) in [6, 6.07) is 2.75. The molecule has 0 saturated heterocycles. The zero-order valence-electron chi connectivity index (χ0n) is 11.6. The fourth-order valence-corrected chi connectivity index (χ4v) is 2.45. The number of carbonyl (C=O) groups is 1. The van der Waals surface area contributed by atoms with E-state index >= 15 is 0 Å². The Morgan fingerprint density at radius 1 is 1.43 bits per heavy atom. The third-order valence-corrected chi connectivity index (χ3v) is 3.82. The Labute approximate surface area is 139 Å². The lowest BCUT2D eigenvalue weighted by molar-refractivity contribution is -0.117. The Balaban J connectivity index is 0.00000220. The summed E-state index contributed by atoms with van der Waals surface area (Å²) in [5, 5.41) is 3.13. The van der Waals surface area contributed by atoms with Crippen molar-refractivity contribution in [1.82, 2.24) is 0 Å². The number of rotatable bonds is 5. The SMILES string of the molecule is CSCC[C@H](N)C(=O)Nc1cc2c(cc1Cl)OCCO2.Cl. The molecule has 0 spiro atoms. The number of nitrogens with two attached hydrogens (primary N) is 1. The van der Waals surface area contributed by atoms with Gasteiger partial charge in [-0.05, 0) is 18.4 Å². The summed E-state index contributed by atoms with van der Waals surface area (Å²) >= 11 is 7.77. The molecule has 1 aromatic rings. The number of carbonyl (C=O) groups excluding carboxylic acids is 1. The summed E-state index contributed by atoms with van der Waals surface area (Å²) in [4.78, 5) is 12.0. The van der Waals surface area contributed by atoms with Gasteiger partial charge in [-0.15, -0.1) is 12.4 Å². The zero-order valence-corrected chi connectivity index (χ0v) is 13.9. The second-order valence-corrected chi connectivity index (χ2v) is 5.75. The maximum absolute atomic E-state index is 12.0. The number of anilines is 1. The van der Waals surface area contributed by atoms with Crippen molar-refractivity contribution in [1.29, 1.82) is 0 Å². The summed E-state index contributed by atoms with van der Waals surface area (Å²) in [5.74, 6) is 1.75. The Bertz CT molecular complexity index is 503. The van der Waals surface area contributed by atoms with Crippen LogP contribution in [0.2, 0.25) is 5.02 Å². The van der Waals surface area contributed by atoms with E-state index in [0.717, 1.165) is 5.75 Å². The first-order valence-electron chi connectivity index (χ1n) is 6.26. The molecule has 1 aromatic carbocycles. The molecule has 0 unspecified atom stereocenters. The van der Waals surface area contributed by atoms with Crippen LogP contribution in [0, 0.1) is 0 Å². The summed E-state index contributed by atoms with van der Waals surface area (Å²) in [6.45, 7) is 0.976. The van der Waals surface area contributed by atoms with E-state index in [2.05, 4.69) is 5.32 Å². The number of fused-ring (bicyclic) bond motifs is 1. The normalized spacial score (nSPS) is 14.0. The van der Waals surface area contributed by atoms with Crippen molar-refractivity contribution in [2.45, 2.75) is 12.5 Å². The maximum Gasteiger partial charge on any atom is 0.241 e. The van der Waals surface area contributed by atoms with Crippen LogP contribution in [-0.4, -0.2) is 37.2 Å². The molecule has 1 aliphatic heterocycles. The summed E-state index contributed by atoms with van der Waals surface area (Å²) in [6.07, 6.45) is 2.59. The maximum atomic E-state index is 12.0. The van der Waals surface area contributed by atoms with Crippen LogP contribution in [0.3, 0.4) is 0 Å². The van der Waals surface area contributed by atoms with E-state index in [1.807, 2.05) is 6.26 Å². The van der Waals surface area contributed by atoms with E-state index in [-0.39, 0.29) is 18.3 Å². The smallest absolute Gasteiger partial charge is 0.241 e. The zero-order chi connectivity index (χ0) is 14.5. The van der Waals surface area contributed by atoms with Crippen LogP contribution >= 0.6 is 35.8 Å². The summed E-state index contributed by atoms with van der Waals surface area (Å²) in [7, 11) is 0. The Morgan fingerprint density at radius 3 is 2.67 bits per heavy atom. The molecule has 1 heterocycles. The van der Waals surface area contributed by atoms with Crippen molar-refractivity contribution >= 4 is 47.4 Å². The largest absolute Gasteiger partial charge is 0.486 e. The molecule has 21 heavy (non-hydrogen) atoms. The molecular formula is C13H18Cl2N2O3S. The molecule has 0 radical (unpaired) electrons. The second-order valence-electron chi connectivity index (χ2n) is 4.35. The lowest BCUT2D eigenvalue weighted by Crippen LogP contribution is -2.36. The van der Waals surface area contributed by atoms with Crippen LogP contribution in [-0.2, 0) is 4.79 Å². The number of benzene rings is 1. The molecule has 5 nitrogen and oxygen atoms in total. The van der Waals surface area contributed by atoms with E-state index in [9.17, 15) is 4.79 Å². The van der Waals surface area contributed by atoms with E-state index in [1.165, 1.54) is 0 Å². The summed E-state index contributed by atoms with van der Waals surface area (Å²) in [5.41, 5.74) is 6.30. The Morgan fingerprint density at radius 2 is 2.05 bits per heavy atom. The van der Waals surface area contributed by atoms with Gasteiger partial charge in [0, 0.05) is 12.1 Å². The standard InChI is InChI=1S/C13H17ClN2O3S.ClH/c1-20-5-2-9(15)13(17)16-10-7-12-11(6-8(10)14)18-3-4-19-12;/h6-7,9H,2-5,15H2,1H3,(H,16,17);1H/t9-;/m0./s1. The molecule has 8 heteroatoms. The van der Waals surface area contributed by atoms with Crippen molar-refractivity contribution in [2.75, 3.05) is 30.5 Å². The average Bonchev–Trinajstić information content (AvgIpc) is 2.45. The van der Waals surface area contributed by atoms with Crippen LogP contribution in [0.25, 0.3) is 0 Å². The quantitative estimate of drug-likeness (QED) is 0.851. The van der Waals surface area contributed by atoms with Crippen molar-refractivity contribution in [3.8, 4) is 11.5 Å². The van der Waals surface area contributed by atoms with Gasteiger partial charge in [0.05, 0.1) is 16.8 Å². The van der Waals surface area contributed by atoms with Crippen LogP contribution in [0.15, 0.2) is 12.1 Å². The highest BCUT2D eigenvalue weighted by Gasteiger charge is 2.18. The number of ether oxygens (including phenoxy) is 2. The predicted octanol–water partition coefficient (Wildman–Crippen LogP) is 2.55. The van der Waals surface area contributed by atoms with Gasteiger partial charge in [0.25, 0.3) is 0 Å². The Hall–Kier alpha value is -0.820. The van der Waals surface area contributed by atoms with E-state index in [1.54, 1.807) is 23.9 Å². The van der Waals surface area contributed by atoms with Gasteiger partial charge in [-0.2, -0.15) is 11.8 Å². The molecule has 0 bridgehead atoms. The van der Waals surface area contributed by atoms with Gasteiger partial charge < -0.3 is 20.5 Å². The van der Waals surface area contributed by atoms with Gasteiger partial charge in [-0.25, -0.2) is 0 Å². The monoisotopic (exact) mass is 352 g/mol. The molecule has 3 N–H and O–H groups in total. The van der Waals surface area contributed by atoms with E-state index in [0.29, 0.717) is 41.8 Å². The molecule has 0 saturated carbocycles. The third-order valence-electron chi connectivity index (χ3n) is 2.86. The van der Waals surface area contributed by atoms with Gasteiger partial charge in [0.1, 0.15) is 13.2 Å². The van der Waals surface area contributed by atoms with E-state index < -0.39 is 6.04 Å². The van der Waals surface area contributed by atoms with E-state index in [4.69, 9.17) is 26.8 Å². The topological polar surface area (TPSA) is 73.6 Å². The van der Waals surface area contributed by atoms with Crippen molar-refractivity contribution in [2.24, 2.45) is 5.73 Å². The lowest BCUT2D eigenvalue weighted by Gasteiger charge is -2.20. The molecule has 118 valence electrons. The lowest BCUT2D eigenvalue weighted by atomic mass is 10.2. The van der Waals surface area contributed by atoms with Gasteiger partial charge in [-0.1, -0.05) is 11.6 Å². The van der Waals surface area contributed by atoms with Crippen molar-refractivity contribution in [3.05, 3.63) is 17.2 Å². The highest BCUT2D eigenvalue weighted by Crippen LogP contribution is 2.37. The number of thioether (sulfide) groups is 1. The molecule has 0 fully saturated rings. The van der Waals surface area contributed by atoms with Crippen LogP contribution in [0.1, 0.15) is 6.42 Å². The van der Waals surface area contributed by atoms with Gasteiger partial charge >= 0.3 is 0 Å². The Kier molecular flexibility index (Phi) is 7.45. The number of hydrogen-bond acceptors (Lipinski definition) is 5. The average molecular weight is 353 g/mol. The van der Waals surface area contributed by atoms with Crippen molar-refractivity contribution < 1.29 is 14.3 Å². The van der Waals surface area contributed by atoms with Crippen molar-refractivity contribution in [3.63, 3.8) is 0 Å². The predicted molar refractivity (Wildman–Crippen MR) is 89.3 cm³/mol. The minimum atomic E-state index is -0.549. The number of halogens is 2. The second kappa shape index (κ2) is 8.58. The fourth-order valence-electron chi connectivity index (χ4n) is 1.76. The van der Waals surface area contributed by atoms with Gasteiger partial charge in [-0.3, -0.25) is 4.79 Å². The first kappa shape index (κ1) is 18.2. The fraction of sp³-hybridized carbons (Fsp3) is 0.462. The summed E-state index contributed by atoms with van der Waals surface area (Å²) < 4.78 is 10.9. The molecular weight excluding hydrogens is 335 g/mol. The molecule has 0 aliphatic carbocycles. The first-order valence-corrected chi connectivity index (χ1v) is 8.03. The number of nitrogens with one attached hydrogen (secondary N) is 1. The van der Waals surface area contributed by atoms with Gasteiger partial charge in [0.15, 0.2) is 11.5 Å². The third kappa shape index (κ3) is 4.85. The van der Waals surface area contributed by atoms with Crippen LogP contribution in [0.5, 0.6) is 11.5 Å². The van der Waals surface area contributed by atoms with Crippen LogP contribution in [0.4, 0.5) is 5.69 Å². The van der Waals surface area contributed by atoms with Gasteiger partial charge in [0.2, 0.25) is 5.91 Å². The molecule has 2 rings (SSSR count). The minimum Gasteiger partial charge on any atom is -0.486 e. The number of hydrogen-bond donors (Lipinski definition) is 2. The van der Waals surface area contributed by atoms with Crippen LogP contribution < -0.4 is 20.5 Å². The first-order chi connectivity index (χ1) is 9.61. The number of amides is 1. The highest BCUT2D eigenvalue weighted by atomic mass is 35.5. The highest BCUT2D eigenvalue weighted by molar-refractivity contribution is 7.98. The minimum absolute atomic E-state index is 0. The molecule has 1 atom stereocenters. The molecule has 0 aromatic heterocycles. The molecule has 1 aliphatic rings.